The standard InChI is InChI=1S/C6H9IO2/c1-4-3-9-6(8-2)5(4)7/h6H,3H2,1-2H3. The van der Waals surface area contributed by atoms with E-state index in [0.29, 0.717) is 0 Å². The first-order valence-corrected chi connectivity index (χ1v) is 3.83. The minimum atomic E-state index is -0.0920. The van der Waals surface area contributed by atoms with Crippen LogP contribution in [-0.2, 0) is 9.47 Å². The summed E-state index contributed by atoms with van der Waals surface area (Å²) in [6, 6.07) is 0. The first-order valence-electron chi connectivity index (χ1n) is 2.75. The highest BCUT2D eigenvalue weighted by molar-refractivity contribution is 14.1. The summed E-state index contributed by atoms with van der Waals surface area (Å²) in [4.78, 5) is 0. The summed E-state index contributed by atoms with van der Waals surface area (Å²) in [6.45, 7) is 2.78. The molecule has 0 N–H and O–H groups in total. The van der Waals surface area contributed by atoms with Crippen LogP contribution >= 0.6 is 22.6 Å². The van der Waals surface area contributed by atoms with Gasteiger partial charge in [0.2, 0.25) is 0 Å². The first kappa shape index (κ1) is 7.50. The van der Waals surface area contributed by atoms with Crippen molar-refractivity contribution in [2.75, 3.05) is 13.7 Å². The minimum absolute atomic E-state index is 0.0920. The highest BCUT2D eigenvalue weighted by Crippen LogP contribution is 2.26. The van der Waals surface area contributed by atoms with Crippen molar-refractivity contribution in [3.63, 3.8) is 0 Å². The van der Waals surface area contributed by atoms with Gasteiger partial charge in [-0.2, -0.15) is 0 Å². The monoisotopic (exact) mass is 240 g/mol. The van der Waals surface area contributed by atoms with E-state index in [1.165, 1.54) is 9.15 Å². The van der Waals surface area contributed by atoms with Crippen molar-refractivity contribution in [1.29, 1.82) is 0 Å². The molecule has 3 heteroatoms. The topological polar surface area (TPSA) is 18.5 Å². The normalized spacial score (nSPS) is 27.7. The average Bonchev–Trinajstić information content (AvgIpc) is 2.15. The van der Waals surface area contributed by atoms with Crippen LogP contribution in [0.2, 0.25) is 0 Å². The molecule has 0 saturated carbocycles. The Morgan fingerprint density at radius 2 is 2.44 bits per heavy atom. The summed E-state index contributed by atoms with van der Waals surface area (Å²) in [6.07, 6.45) is -0.0920. The van der Waals surface area contributed by atoms with Gasteiger partial charge in [0.1, 0.15) is 0 Å². The molecule has 0 fully saturated rings. The van der Waals surface area contributed by atoms with Crippen molar-refractivity contribution in [3.05, 3.63) is 9.15 Å². The van der Waals surface area contributed by atoms with E-state index in [-0.39, 0.29) is 6.29 Å². The second kappa shape index (κ2) is 2.98. The van der Waals surface area contributed by atoms with Gasteiger partial charge in [-0.3, -0.25) is 0 Å². The largest absolute Gasteiger partial charge is 0.351 e. The molecular formula is C6H9IO2. The number of halogens is 1. The van der Waals surface area contributed by atoms with Gasteiger partial charge in [0.25, 0.3) is 0 Å². The van der Waals surface area contributed by atoms with Gasteiger partial charge in [0, 0.05) is 10.7 Å². The van der Waals surface area contributed by atoms with Crippen molar-refractivity contribution in [1.82, 2.24) is 0 Å². The fourth-order valence-corrected chi connectivity index (χ4v) is 1.31. The molecule has 0 aromatic rings. The molecule has 2 nitrogen and oxygen atoms in total. The average molecular weight is 240 g/mol. The van der Waals surface area contributed by atoms with E-state index in [9.17, 15) is 0 Å². The lowest BCUT2D eigenvalue weighted by molar-refractivity contribution is -0.0700. The first-order chi connectivity index (χ1) is 4.25. The van der Waals surface area contributed by atoms with Crippen molar-refractivity contribution in [3.8, 4) is 0 Å². The number of hydrogen-bond donors (Lipinski definition) is 0. The van der Waals surface area contributed by atoms with Gasteiger partial charge in [-0.25, -0.2) is 0 Å². The quantitative estimate of drug-likeness (QED) is 0.649. The number of methoxy groups -OCH3 is 1. The number of rotatable bonds is 1. The SMILES string of the molecule is COC1OCC(C)=C1I. The van der Waals surface area contributed by atoms with Crippen LogP contribution < -0.4 is 0 Å². The highest BCUT2D eigenvalue weighted by atomic mass is 127. The predicted octanol–water partition coefficient (Wildman–Crippen LogP) is 1.70. The molecule has 1 heterocycles. The fourth-order valence-electron chi connectivity index (χ4n) is 0.715. The molecule has 1 aliphatic heterocycles. The molecule has 1 rings (SSSR count). The molecule has 0 saturated heterocycles. The molecular weight excluding hydrogens is 231 g/mol. The molecule has 52 valence electrons. The van der Waals surface area contributed by atoms with Crippen LogP contribution in [0.1, 0.15) is 6.92 Å². The Bertz CT molecular complexity index is 142. The molecule has 0 radical (unpaired) electrons. The molecule has 0 amide bonds. The summed E-state index contributed by atoms with van der Waals surface area (Å²) in [7, 11) is 1.65. The lowest BCUT2D eigenvalue weighted by Crippen LogP contribution is -2.08. The van der Waals surface area contributed by atoms with Gasteiger partial charge in [-0.15, -0.1) is 0 Å². The number of ether oxygens (including phenoxy) is 2. The highest BCUT2D eigenvalue weighted by Gasteiger charge is 2.20. The van der Waals surface area contributed by atoms with E-state index in [2.05, 4.69) is 29.5 Å². The summed E-state index contributed by atoms with van der Waals surface area (Å²) >= 11 is 2.25. The van der Waals surface area contributed by atoms with E-state index < -0.39 is 0 Å². The van der Waals surface area contributed by atoms with E-state index in [1.54, 1.807) is 7.11 Å². The predicted molar refractivity (Wildman–Crippen MR) is 43.5 cm³/mol. The van der Waals surface area contributed by atoms with Crippen molar-refractivity contribution < 1.29 is 9.47 Å². The lowest BCUT2D eigenvalue weighted by Gasteiger charge is -2.06. The third kappa shape index (κ3) is 1.45. The molecule has 1 unspecified atom stereocenters. The maximum absolute atomic E-state index is 5.22. The second-order valence-corrected chi connectivity index (χ2v) is 3.17. The Hall–Kier alpha value is 0.390. The van der Waals surface area contributed by atoms with Gasteiger partial charge < -0.3 is 9.47 Å². The molecule has 0 spiro atoms. The zero-order chi connectivity index (χ0) is 6.85. The van der Waals surface area contributed by atoms with Crippen molar-refractivity contribution in [2.45, 2.75) is 13.2 Å². The maximum Gasteiger partial charge on any atom is 0.189 e. The van der Waals surface area contributed by atoms with Gasteiger partial charge >= 0.3 is 0 Å². The molecule has 9 heavy (non-hydrogen) atoms. The van der Waals surface area contributed by atoms with E-state index >= 15 is 0 Å². The minimum Gasteiger partial charge on any atom is -0.351 e. The van der Waals surface area contributed by atoms with Crippen LogP contribution in [0, 0.1) is 0 Å². The smallest absolute Gasteiger partial charge is 0.189 e. The summed E-state index contributed by atoms with van der Waals surface area (Å²) in [5.41, 5.74) is 1.28. The second-order valence-electron chi connectivity index (χ2n) is 2.01. The van der Waals surface area contributed by atoms with Crippen molar-refractivity contribution in [2.24, 2.45) is 0 Å². The van der Waals surface area contributed by atoms with Crippen LogP contribution in [0.15, 0.2) is 9.15 Å². The summed E-state index contributed by atoms with van der Waals surface area (Å²) < 4.78 is 11.4. The van der Waals surface area contributed by atoms with Gasteiger partial charge in [0.05, 0.1) is 6.61 Å². The number of hydrogen-bond acceptors (Lipinski definition) is 2. The van der Waals surface area contributed by atoms with Gasteiger partial charge in [-0.1, -0.05) is 0 Å². The molecule has 1 aliphatic rings. The van der Waals surface area contributed by atoms with E-state index in [0.717, 1.165) is 6.61 Å². The molecule has 1 atom stereocenters. The van der Waals surface area contributed by atoms with Gasteiger partial charge in [-0.05, 0) is 35.1 Å². The Labute approximate surface area is 68.4 Å². The fraction of sp³-hybridized carbons (Fsp3) is 0.667. The summed E-state index contributed by atoms with van der Waals surface area (Å²) in [5.74, 6) is 0. The summed E-state index contributed by atoms with van der Waals surface area (Å²) in [5, 5.41) is 0. The van der Waals surface area contributed by atoms with Gasteiger partial charge in [0.15, 0.2) is 6.29 Å². The zero-order valence-corrected chi connectivity index (χ0v) is 7.64. The Morgan fingerprint density at radius 1 is 1.78 bits per heavy atom. The zero-order valence-electron chi connectivity index (χ0n) is 5.48. The van der Waals surface area contributed by atoms with Crippen LogP contribution in [0.25, 0.3) is 0 Å². The van der Waals surface area contributed by atoms with Crippen LogP contribution in [0.5, 0.6) is 0 Å². The molecule has 0 aromatic heterocycles. The van der Waals surface area contributed by atoms with Crippen LogP contribution in [0.4, 0.5) is 0 Å². The van der Waals surface area contributed by atoms with E-state index in [4.69, 9.17) is 9.47 Å². The van der Waals surface area contributed by atoms with Crippen LogP contribution in [0.3, 0.4) is 0 Å². The Morgan fingerprint density at radius 3 is 2.67 bits per heavy atom. The molecule has 0 aliphatic carbocycles. The Kier molecular flexibility index (Phi) is 2.49. The third-order valence-corrected chi connectivity index (χ3v) is 2.71. The Balaban J connectivity index is 2.63. The van der Waals surface area contributed by atoms with Crippen molar-refractivity contribution >= 4 is 22.6 Å². The molecule has 0 aromatic carbocycles. The lowest BCUT2D eigenvalue weighted by atomic mass is 10.3. The van der Waals surface area contributed by atoms with Crippen LogP contribution in [-0.4, -0.2) is 20.0 Å². The molecule has 0 bridgehead atoms. The third-order valence-electron chi connectivity index (χ3n) is 1.28. The van der Waals surface area contributed by atoms with E-state index in [1.807, 2.05) is 0 Å². The maximum atomic E-state index is 5.22.